The van der Waals surface area contributed by atoms with Crippen LogP contribution < -0.4 is 5.32 Å². The zero-order valence-corrected chi connectivity index (χ0v) is 13.6. The van der Waals surface area contributed by atoms with E-state index in [1.165, 1.54) is 0 Å². The van der Waals surface area contributed by atoms with Gasteiger partial charge in [0.15, 0.2) is 0 Å². The fraction of sp³-hybridized carbons (Fsp3) is 0.588. The molecule has 0 bridgehead atoms. The standard InChI is InChI=1S/C17H27N3O/c1-15(2)19-17(13-18,16-9-6-5-7-10-16)14-20(3)11-8-12-21-4/h5-7,9-10,15,19H,8,11-12,14H2,1-4H3. The van der Waals surface area contributed by atoms with E-state index in [1.807, 2.05) is 37.4 Å². The Labute approximate surface area is 128 Å². The van der Waals surface area contributed by atoms with E-state index < -0.39 is 5.54 Å². The fourth-order valence-corrected chi connectivity index (χ4v) is 2.53. The first-order valence-electron chi connectivity index (χ1n) is 7.46. The molecule has 1 N–H and O–H groups in total. The Morgan fingerprint density at radius 3 is 2.52 bits per heavy atom. The summed E-state index contributed by atoms with van der Waals surface area (Å²) in [4.78, 5) is 2.19. The summed E-state index contributed by atoms with van der Waals surface area (Å²) in [6, 6.07) is 12.7. The molecule has 0 saturated carbocycles. The maximum Gasteiger partial charge on any atom is 0.145 e. The third-order valence-electron chi connectivity index (χ3n) is 3.39. The van der Waals surface area contributed by atoms with Crippen molar-refractivity contribution < 1.29 is 4.74 Å². The number of hydrogen-bond acceptors (Lipinski definition) is 4. The highest BCUT2D eigenvalue weighted by Crippen LogP contribution is 2.22. The van der Waals surface area contributed by atoms with Gasteiger partial charge in [0.25, 0.3) is 0 Å². The summed E-state index contributed by atoms with van der Waals surface area (Å²) in [5, 5.41) is 13.3. The highest BCUT2D eigenvalue weighted by molar-refractivity contribution is 5.32. The molecular formula is C17H27N3O. The molecule has 4 heteroatoms. The smallest absolute Gasteiger partial charge is 0.145 e. The minimum Gasteiger partial charge on any atom is -0.385 e. The topological polar surface area (TPSA) is 48.3 Å². The van der Waals surface area contributed by atoms with E-state index in [1.54, 1.807) is 7.11 Å². The van der Waals surface area contributed by atoms with E-state index in [-0.39, 0.29) is 6.04 Å². The van der Waals surface area contributed by atoms with E-state index in [9.17, 15) is 5.26 Å². The predicted molar refractivity (Wildman–Crippen MR) is 86.0 cm³/mol. The molecule has 1 unspecified atom stereocenters. The molecule has 0 fully saturated rings. The first-order chi connectivity index (χ1) is 10.0. The van der Waals surface area contributed by atoms with Crippen molar-refractivity contribution in [3.63, 3.8) is 0 Å². The van der Waals surface area contributed by atoms with Gasteiger partial charge in [0.1, 0.15) is 5.54 Å². The Morgan fingerprint density at radius 1 is 1.33 bits per heavy atom. The van der Waals surface area contributed by atoms with E-state index in [4.69, 9.17) is 4.74 Å². The molecule has 1 aromatic carbocycles. The Morgan fingerprint density at radius 2 is 2.00 bits per heavy atom. The maximum absolute atomic E-state index is 9.84. The molecule has 1 atom stereocenters. The minimum absolute atomic E-state index is 0.234. The second-order valence-corrected chi connectivity index (χ2v) is 5.77. The average molecular weight is 289 g/mol. The fourth-order valence-electron chi connectivity index (χ4n) is 2.53. The highest BCUT2D eigenvalue weighted by atomic mass is 16.5. The Hall–Kier alpha value is -1.41. The first kappa shape index (κ1) is 17.6. The SMILES string of the molecule is COCCCN(C)CC(C#N)(NC(C)C)c1ccccc1. The molecule has 0 heterocycles. The van der Waals surface area contributed by atoms with Gasteiger partial charge >= 0.3 is 0 Å². The van der Waals surface area contributed by atoms with Crippen LogP contribution in [0, 0.1) is 11.3 Å². The number of rotatable bonds is 9. The monoisotopic (exact) mass is 289 g/mol. The number of nitrogens with zero attached hydrogens (tertiary/aromatic N) is 2. The van der Waals surface area contributed by atoms with Crippen molar-refractivity contribution in [1.29, 1.82) is 5.26 Å². The van der Waals surface area contributed by atoms with E-state index in [0.29, 0.717) is 6.54 Å². The number of hydrogen-bond donors (Lipinski definition) is 1. The Balaban J connectivity index is 2.89. The Kier molecular flexibility index (Phi) is 7.38. The van der Waals surface area contributed by atoms with Crippen LogP contribution in [-0.4, -0.2) is 44.8 Å². The van der Waals surface area contributed by atoms with Crippen LogP contribution in [0.3, 0.4) is 0 Å². The summed E-state index contributed by atoms with van der Waals surface area (Å²) in [6.07, 6.45) is 0.963. The van der Waals surface area contributed by atoms with Crippen LogP contribution in [0.2, 0.25) is 0 Å². The number of methoxy groups -OCH3 is 1. The molecule has 1 rings (SSSR count). The number of ether oxygens (including phenoxy) is 1. The highest BCUT2D eigenvalue weighted by Gasteiger charge is 2.33. The second kappa shape index (κ2) is 8.78. The van der Waals surface area contributed by atoms with Crippen molar-refractivity contribution in [3.8, 4) is 6.07 Å². The van der Waals surface area contributed by atoms with Gasteiger partial charge in [0.05, 0.1) is 6.07 Å². The quantitative estimate of drug-likeness (QED) is 0.709. The van der Waals surface area contributed by atoms with Gasteiger partial charge in [0.2, 0.25) is 0 Å². The van der Waals surface area contributed by atoms with Gasteiger partial charge in [-0.2, -0.15) is 5.26 Å². The van der Waals surface area contributed by atoms with E-state index in [2.05, 4.69) is 30.1 Å². The normalized spacial score (nSPS) is 14.1. The van der Waals surface area contributed by atoms with Crippen LogP contribution in [0.1, 0.15) is 25.8 Å². The molecule has 0 aromatic heterocycles. The Bertz CT molecular complexity index is 441. The van der Waals surface area contributed by atoms with Crippen molar-refractivity contribution in [1.82, 2.24) is 10.2 Å². The molecule has 0 radical (unpaired) electrons. The molecular weight excluding hydrogens is 262 g/mol. The largest absolute Gasteiger partial charge is 0.385 e. The predicted octanol–water partition coefficient (Wildman–Crippen LogP) is 2.37. The lowest BCUT2D eigenvalue weighted by atomic mass is 9.89. The molecule has 0 aliphatic rings. The van der Waals surface area contributed by atoms with Crippen molar-refractivity contribution in [3.05, 3.63) is 35.9 Å². The van der Waals surface area contributed by atoms with Crippen LogP contribution >= 0.6 is 0 Å². The molecule has 0 spiro atoms. The number of nitriles is 1. The summed E-state index contributed by atoms with van der Waals surface area (Å²) >= 11 is 0. The number of benzene rings is 1. The van der Waals surface area contributed by atoms with Crippen molar-refractivity contribution in [2.45, 2.75) is 31.8 Å². The van der Waals surface area contributed by atoms with Crippen LogP contribution in [0.15, 0.2) is 30.3 Å². The number of likely N-dealkylation sites (N-methyl/N-ethyl adjacent to an activating group) is 1. The van der Waals surface area contributed by atoms with Crippen LogP contribution in [-0.2, 0) is 10.3 Å². The van der Waals surface area contributed by atoms with Gasteiger partial charge in [-0.15, -0.1) is 0 Å². The first-order valence-corrected chi connectivity index (χ1v) is 7.46. The summed E-state index contributed by atoms with van der Waals surface area (Å²) in [5.74, 6) is 0. The summed E-state index contributed by atoms with van der Waals surface area (Å²) in [5.41, 5.74) is 0.330. The third kappa shape index (κ3) is 5.47. The zero-order chi connectivity index (χ0) is 15.7. The maximum atomic E-state index is 9.84. The van der Waals surface area contributed by atoms with Crippen molar-refractivity contribution >= 4 is 0 Å². The van der Waals surface area contributed by atoms with Gasteiger partial charge < -0.3 is 9.64 Å². The van der Waals surface area contributed by atoms with Gasteiger partial charge in [-0.3, -0.25) is 5.32 Å². The van der Waals surface area contributed by atoms with Crippen LogP contribution in [0.25, 0.3) is 0 Å². The van der Waals surface area contributed by atoms with Gasteiger partial charge in [-0.1, -0.05) is 30.3 Å². The van der Waals surface area contributed by atoms with Gasteiger partial charge in [-0.05, 0) is 32.9 Å². The third-order valence-corrected chi connectivity index (χ3v) is 3.39. The van der Waals surface area contributed by atoms with Crippen molar-refractivity contribution in [2.24, 2.45) is 0 Å². The molecule has 21 heavy (non-hydrogen) atoms. The molecule has 0 aliphatic carbocycles. The molecule has 4 nitrogen and oxygen atoms in total. The summed E-state index contributed by atoms with van der Waals surface area (Å²) < 4.78 is 5.09. The van der Waals surface area contributed by atoms with Gasteiger partial charge in [-0.25, -0.2) is 0 Å². The number of nitrogens with one attached hydrogen (secondary N) is 1. The van der Waals surface area contributed by atoms with Gasteiger partial charge in [0, 0.05) is 32.8 Å². The van der Waals surface area contributed by atoms with Crippen LogP contribution in [0.5, 0.6) is 0 Å². The summed E-state index contributed by atoms with van der Waals surface area (Å²) in [7, 11) is 3.76. The van der Waals surface area contributed by atoms with Crippen molar-refractivity contribution in [2.75, 3.05) is 33.9 Å². The zero-order valence-electron chi connectivity index (χ0n) is 13.6. The second-order valence-electron chi connectivity index (χ2n) is 5.77. The van der Waals surface area contributed by atoms with E-state index in [0.717, 1.165) is 25.1 Å². The molecule has 0 saturated heterocycles. The van der Waals surface area contributed by atoms with Crippen LogP contribution in [0.4, 0.5) is 0 Å². The minimum atomic E-state index is -0.683. The summed E-state index contributed by atoms with van der Waals surface area (Å²) in [6.45, 7) is 6.44. The lowest BCUT2D eigenvalue weighted by molar-refractivity contribution is 0.169. The molecule has 116 valence electrons. The average Bonchev–Trinajstić information content (AvgIpc) is 2.47. The van der Waals surface area contributed by atoms with E-state index >= 15 is 0 Å². The lowest BCUT2D eigenvalue weighted by Gasteiger charge is -2.34. The molecule has 0 aliphatic heterocycles. The lowest BCUT2D eigenvalue weighted by Crippen LogP contribution is -2.52. The molecule has 1 aromatic rings. The molecule has 0 amide bonds.